The Kier molecular flexibility index (Phi) is 5.45. The molecule has 2 N–H and O–H groups in total. The maximum Gasteiger partial charge on any atom is 0.0480 e. The van der Waals surface area contributed by atoms with E-state index in [9.17, 15) is 0 Å². The number of nitrogens with zero attached hydrogens (tertiary/aromatic N) is 1. The Balaban J connectivity index is 2.39. The van der Waals surface area contributed by atoms with Crippen LogP contribution in [0.3, 0.4) is 0 Å². The minimum absolute atomic E-state index is 0.629. The fourth-order valence-electron chi connectivity index (χ4n) is 2.15. The molecule has 84 valence electrons. The predicted octanol–water partition coefficient (Wildman–Crippen LogP) is 1.22. The van der Waals surface area contributed by atoms with Gasteiger partial charge >= 0.3 is 0 Å². The lowest BCUT2D eigenvalue weighted by atomic mass is 10.0. The maximum atomic E-state index is 5.56. The van der Waals surface area contributed by atoms with Crippen LogP contribution in [0.25, 0.3) is 0 Å². The molecule has 0 aromatic carbocycles. The van der Waals surface area contributed by atoms with Crippen molar-refractivity contribution in [3.63, 3.8) is 0 Å². The average molecular weight is 200 g/mol. The van der Waals surface area contributed by atoms with Crippen molar-refractivity contribution in [2.24, 2.45) is 5.73 Å². The summed E-state index contributed by atoms with van der Waals surface area (Å²) in [7, 11) is 0. The Morgan fingerprint density at radius 3 is 2.50 bits per heavy atom. The zero-order valence-corrected chi connectivity index (χ0v) is 9.54. The maximum absolute atomic E-state index is 5.56. The first-order valence-electron chi connectivity index (χ1n) is 5.79. The molecule has 0 radical (unpaired) electrons. The van der Waals surface area contributed by atoms with Crippen molar-refractivity contribution in [1.82, 2.24) is 4.90 Å². The van der Waals surface area contributed by atoms with Crippen LogP contribution in [0.2, 0.25) is 0 Å². The van der Waals surface area contributed by atoms with Gasteiger partial charge in [-0.2, -0.15) is 0 Å². The summed E-state index contributed by atoms with van der Waals surface area (Å²) in [5.74, 6) is 0. The molecule has 14 heavy (non-hydrogen) atoms. The van der Waals surface area contributed by atoms with Crippen molar-refractivity contribution in [1.29, 1.82) is 0 Å². The summed E-state index contributed by atoms with van der Waals surface area (Å²) < 4.78 is 5.38. The van der Waals surface area contributed by atoms with Crippen molar-refractivity contribution >= 4 is 0 Å². The summed E-state index contributed by atoms with van der Waals surface area (Å²) in [6.07, 6.45) is 3.47. The van der Waals surface area contributed by atoms with E-state index in [0.29, 0.717) is 6.04 Å². The lowest BCUT2D eigenvalue weighted by molar-refractivity contribution is 0.0223. The molecular weight excluding hydrogens is 176 g/mol. The van der Waals surface area contributed by atoms with Crippen molar-refractivity contribution in [2.45, 2.75) is 45.2 Å². The lowest BCUT2D eigenvalue weighted by Crippen LogP contribution is -2.44. The number of hydrogen-bond donors (Lipinski definition) is 1. The summed E-state index contributed by atoms with van der Waals surface area (Å²) in [6.45, 7) is 8.33. The molecule has 0 aromatic heterocycles. The topological polar surface area (TPSA) is 38.5 Å². The molecule has 3 heteroatoms. The third kappa shape index (κ3) is 3.56. The third-order valence-corrected chi connectivity index (χ3v) is 2.94. The minimum Gasteiger partial charge on any atom is -0.381 e. The summed E-state index contributed by atoms with van der Waals surface area (Å²) in [5.41, 5.74) is 5.56. The van der Waals surface area contributed by atoms with Gasteiger partial charge in [0.2, 0.25) is 0 Å². The smallest absolute Gasteiger partial charge is 0.0480 e. The summed E-state index contributed by atoms with van der Waals surface area (Å²) >= 11 is 0. The minimum atomic E-state index is 0.629. The van der Waals surface area contributed by atoms with Gasteiger partial charge in [-0.15, -0.1) is 0 Å². The van der Waals surface area contributed by atoms with Crippen molar-refractivity contribution in [3.8, 4) is 0 Å². The zero-order valence-electron chi connectivity index (χ0n) is 9.54. The van der Waals surface area contributed by atoms with Crippen LogP contribution in [0, 0.1) is 0 Å². The Labute approximate surface area is 87.6 Å². The third-order valence-electron chi connectivity index (χ3n) is 2.94. The second-order valence-corrected chi connectivity index (χ2v) is 4.32. The average Bonchev–Trinajstić information content (AvgIpc) is 2.19. The van der Waals surface area contributed by atoms with E-state index in [1.807, 2.05) is 0 Å². The highest BCUT2D eigenvalue weighted by atomic mass is 16.5. The summed E-state index contributed by atoms with van der Waals surface area (Å²) in [4.78, 5) is 2.58. The standard InChI is InChI=1S/C11H24N2O/c1-10(2)13(7-3-6-12)11-4-8-14-9-5-11/h10-11H,3-9,12H2,1-2H3. The van der Waals surface area contributed by atoms with Gasteiger partial charge in [-0.25, -0.2) is 0 Å². The van der Waals surface area contributed by atoms with E-state index in [1.165, 1.54) is 12.8 Å². The van der Waals surface area contributed by atoms with Crippen LogP contribution in [-0.2, 0) is 4.74 Å². The zero-order chi connectivity index (χ0) is 10.4. The molecule has 0 aliphatic carbocycles. The molecule has 0 bridgehead atoms. The van der Waals surface area contributed by atoms with E-state index >= 15 is 0 Å². The van der Waals surface area contributed by atoms with Gasteiger partial charge in [-0.3, -0.25) is 4.90 Å². The second kappa shape index (κ2) is 6.38. The molecule has 0 atom stereocenters. The lowest BCUT2D eigenvalue weighted by Gasteiger charge is -2.37. The number of nitrogens with two attached hydrogens (primary N) is 1. The number of ether oxygens (including phenoxy) is 1. The van der Waals surface area contributed by atoms with Gasteiger partial charge in [0.1, 0.15) is 0 Å². The van der Waals surface area contributed by atoms with E-state index in [4.69, 9.17) is 10.5 Å². The monoisotopic (exact) mass is 200 g/mol. The number of hydrogen-bond acceptors (Lipinski definition) is 3. The van der Waals surface area contributed by atoms with E-state index < -0.39 is 0 Å². The summed E-state index contributed by atoms with van der Waals surface area (Å²) in [6, 6.07) is 1.35. The highest BCUT2D eigenvalue weighted by Gasteiger charge is 2.22. The van der Waals surface area contributed by atoms with Gasteiger partial charge in [0.05, 0.1) is 0 Å². The SMILES string of the molecule is CC(C)N(CCCN)C1CCOCC1. The Bertz CT molecular complexity index is 144. The van der Waals surface area contributed by atoms with Crippen LogP contribution in [-0.4, -0.2) is 43.3 Å². The quantitative estimate of drug-likeness (QED) is 0.725. The molecule has 1 fully saturated rings. The van der Waals surface area contributed by atoms with Crippen molar-refractivity contribution in [2.75, 3.05) is 26.3 Å². The Morgan fingerprint density at radius 2 is 2.00 bits per heavy atom. The molecule has 0 aromatic rings. The molecule has 0 amide bonds. The van der Waals surface area contributed by atoms with Gasteiger partial charge in [0.25, 0.3) is 0 Å². The van der Waals surface area contributed by atoms with E-state index in [2.05, 4.69) is 18.7 Å². The molecule has 0 unspecified atom stereocenters. The van der Waals surface area contributed by atoms with Gasteiger partial charge in [-0.1, -0.05) is 0 Å². The Hall–Kier alpha value is -0.120. The Morgan fingerprint density at radius 1 is 1.36 bits per heavy atom. The van der Waals surface area contributed by atoms with E-state index in [0.717, 1.165) is 38.8 Å². The molecular formula is C11H24N2O. The van der Waals surface area contributed by atoms with Gasteiger partial charge < -0.3 is 10.5 Å². The largest absolute Gasteiger partial charge is 0.381 e. The summed E-state index contributed by atoms with van der Waals surface area (Å²) in [5, 5.41) is 0. The van der Waals surface area contributed by atoms with Crippen LogP contribution < -0.4 is 5.73 Å². The van der Waals surface area contributed by atoms with E-state index in [-0.39, 0.29) is 0 Å². The molecule has 1 heterocycles. The van der Waals surface area contributed by atoms with Gasteiger partial charge in [0, 0.05) is 25.3 Å². The highest BCUT2D eigenvalue weighted by Crippen LogP contribution is 2.17. The molecule has 1 rings (SSSR count). The van der Waals surface area contributed by atoms with Crippen LogP contribution in [0.5, 0.6) is 0 Å². The van der Waals surface area contributed by atoms with Crippen molar-refractivity contribution in [3.05, 3.63) is 0 Å². The fourth-order valence-corrected chi connectivity index (χ4v) is 2.15. The van der Waals surface area contributed by atoms with Crippen LogP contribution in [0.4, 0.5) is 0 Å². The van der Waals surface area contributed by atoms with Crippen molar-refractivity contribution < 1.29 is 4.74 Å². The van der Waals surface area contributed by atoms with Crippen LogP contribution in [0.15, 0.2) is 0 Å². The fraction of sp³-hybridized carbons (Fsp3) is 1.00. The first kappa shape index (κ1) is 12.0. The first-order chi connectivity index (χ1) is 6.75. The van der Waals surface area contributed by atoms with Crippen LogP contribution >= 0.6 is 0 Å². The van der Waals surface area contributed by atoms with Gasteiger partial charge in [0.15, 0.2) is 0 Å². The molecule has 1 aliphatic heterocycles. The second-order valence-electron chi connectivity index (χ2n) is 4.32. The highest BCUT2D eigenvalue weighted by molar-refractivity contribution is 4.77. The number of rotatable bonds is 5. The molecule has 1 saturated heterocycles. The molecule has 1 aliphatic rings. The molecule has 0 spiro atoms. The predicted molar refractivity (Wildman–Crippen MR) is 59.4 cm³/mol. The van der Waals surface area contributed by atoms with Gasteiger partial charge in [-0.05, 0) is 46.2 Å². The molecule has 0 saturated carbocycles. The normalized spacial score (nSPS) is 19.5. The van der Waals surface area contributed by atoms with E-state index in [1.54, 1.807) is 0 Å². The van der Waals surface area contributed by atoms with Crippen LogP contribution in [0.1, 0.15) is 33.1 Å². The molecule has 3 nitrogen and oxygen atoms in total. The first-order valence-corrected chi connectivity index (χ1v) is 5.79.